The molecule has 1 aliphatic rings. The van der Waals surface area contributed by atoms with Gasteiger partial charge in [0, 0.05) is 28.7 Å². The number of amides is 1. The number of rotatable bonds is 9. The Morgan fingerprint density at radius 3 is 2.61 bits per heavy atom. The summed E-state index contributed by atoms with van der Waals surface area (Å²) in [5.41, 5.74) is 1.69. The summed E-state index contributed by atoms with van der Waals surface area (Å²) in [5.74, 6) is 2.09. The van der Waals surface area contributed by atoms with E-state index in [2.05, 4.69) is 10.2 Å². The predicted molar refractivity (Wildman–Crippen MR) is 119 cm³/mol. The maximum atomic E-state index is 13.0. The lowest BCUT2D eigenvalue weighted by molar-refractivity contribution is -0.129. The van der Waals surface area contributed by atoms with Gasteiger partial charge < -0.3 is 18.8 Å². The summed E-state index contributed by atoms with van der Waals surface area (Å²) in [6.45, 7) is 0.463. The van der Waals surface area contributed by atoms with E-state index in [0.717, 1.165) is 35.5 Å². The van der Waals surface area contributed by atoms with Crippen LogP contribution in [0.2, 0.25) is 5.02 Å². The third kappa shape index (κ3) is 5.32. The Balaban J connectivity index is 1.42. The SMILES string of the molecule is COc1ccc(OC)c(CN(C(=O)CSc2nnc(-c3ccc(Cl)cc3)o2)C2CC2)c1. The van der Waals surface area contributed by atoms with Crippen molar-refractivity contribution < 1.29 is 18.7 Å². The molecule has 0 radical (unpaired) electrons. The molecule has 2 aromatic carbocycles. The van der Waals surface area contributed by atoms with Crippen LogP contribution in [-0.4, -0.2) is 47.0 Å². The lowest BCUT2D eigenvalue weighted by atomic mass is 10.1. The van der Waals surface area contributed by atoms with E-state index in [4.69, 9.17) is 25.5 Å². The summed E-state index contributed by atoms with van der Waals surface area (Å²) < 4.78 is 16.5. The van der Waals surface area contributed by atoms with Gasteiger partial charge in [-0.1, -0.05) is 23.4 Å². The molecule has 1 heterocycles. The smallest absolute Gasteiger partial charge is 0.277 e. The van der Waals surface area contributed by atoms with Gasteiger partial charge in [0.25, 0.3) is 5.22 Å². The van der Waals surface area contributed by atoms with Crippen LogP contribution in [0.1, 0.15) is 18.4 Å². The van der Waals surface area contributed by atoms with Gasteiger partial charge in [0.05, 0.1) is 20.0 Å². The molecule has 31 heavy (non-hydrogen) atoms. The summed E-state index contributed by atoms with van der Waals surface area (Å²) in [6.07, 6.45) is 2.01. The molecule has 0 atom stereocenters. The number of hydrogen-bond acceptors (Lipinski definition) is 7. The van der Waals surface area contributed by atoms with Crippen LogP contribution in [0.4, 0.5) is 0 Å². The largest absolute Gasteiger partial charge is 0.497 e. The molecule has 0 N–H and O–H groups in total. The van der Waals surface area contributed by atoms with Gasteiger partial charge in [-0.05, 0) is 55.3 Å². The Morgan fingerprint density at radius 1 is 1.16 bits per heavy atom. The average molecular weight is 460 g/mol. The van der Waals surface area contributed by atoms with Crippen LogP contribution in [0.3, 0.4) is 0 Å². The second-order valence-electron chi connectivity index (χ2n) is 7.10. The number of halogens is 1. The van der Waals surface area contributed by atoms with Crippen LogP contribution in [0.15, 0.2) is 52.1 Å². The second-order valence-corrected chi connectivity index (χ2v) is 8.46. The Labute approximate surface area is 189 Å². The van der Waals surface area contributed by atoms with Crippen molar-refractivity contribution in [3.05, 3.63) is 53.1 Å². The first kappa shape index (κ1) is 21.5. The summed E-state index contributed by atoms with van der Waals surface area (Å²) in [4.78, 5) is 14.9. The fourth-order valence-corrected chi connectivity index (χ4v) is 3.95. The molecule has 1 aromatic heterocycles. The van der Waals surface area contributed by atoms with Crippen molar-refractivity contribution in [3.63, 3.8) is 0 Å². The zero-order valence-electron chi connectivity index (χ0n) is 17.2. The van der Waals surface area contributed by atoms with Gasteiger partial charge in [0.15, 0.2) is 0 Å². The standard InChI is InChI=1S/C22H22ClN3O4S/c1-28-18-9-10-19(29-2)15(11-18)12-26(17-7-8-17)20(27)13-31-22-25-24-21(30-22)14-3-5-16(23)6-4-14/h3-6,9-11,17H,7-8,12-13H2,1-2H3. The molecule has 0 unspecified atom stereocenters. The molecule has 0 bridgehead atoms. The van der Waals surface area contributed by atoms with E-state index < -0.39 is 0 Å². The highest BCUT2D eigenvalue weighted by Crippen LogP contribution is 2.33. The van der Waals surface area contributed by atoms with E-state index >= 15 is 0 Å². The summed E-state index contributed by atoms with van der Waals surface area (Å²) in [5, 5.41) is 9.10. The average Bonchev–Trinajstić information content (AvgIpc) is 3.53. The number of nitrogens with zero attached hydrogens (tertiary/aromatic N) is 3. The third-order valence-corrected chi connectivity index (χ3v) is 6.01. The highest BCUT2D eigenvalue weighted by molar-refractivity contribution is 7.99. The molecule has 0 aliphatic heterocycles. The number of ether oxygens (including phenoxy) is 2. The van der Waals surface area contributed by atoms with Crippen LogP contribution < -0.4 is 9.47 Å². The van der Waals surface area contributed by atoms with Crippen LogP contribution in [0.5, 0.6) is 11.5 Å². The topological polar surface area (TPSA) is 77.7 Å². The minimum Gasteiger partial charge on any atom is -0.497 e. The Hall–Kier alpha value is -2.71. The molecule has 3 aromatic rings. The van der Waals surface area contributed by atoms with Crippen molar-refractivity contribution in [2.75, 3.05) is 20.0 Å². The molecule has 1 aliphatic carbocycles. The number of thioether (sulfide) groups is 1. The van der Waals surface area contributed by atoms with Gasteiger partial charge in [0.2, 0.25) is 11.8 Å². The first-order valence-corrected chi connectivity index (χ1v) is 11.2. The van der Waals surface area contributed by atoms with Crippen LogP contribution in [0.25, 0.3) is 11.5 Å². The number of benzene rings is 2. The van der Waals surface area contributed by atoms with E-state index in [-0.39, 0.29) is 17.7 Å². The van der Waals surface area contributed by atoms with Crippen molar-refractivity contribution in [1.82, 2.24) is 15.1 Å². The monoisotopic (exact) mass is 459 g/mol. The molecule has 1 fully saturated rings. The lowest BCUT2D eigenvalue weighted by Gasteiger charge is -2.23. The third-order valence-electron chi connectivity index (χ3n) is 4.95. The van der Waals surface area contributed by atoms with Gasteiger partial charge >= 0.3 is 0 Å². The number of methoxy groups -OCH3 is 2. The van der Waals surface area contributed by atoms with Gasteiger partial charge in [-0.2, -0.15) is 0 Å². The van der Waals surface area contributed by atoms with Crippen molar-refractivity contribution >= 4 is 29.3 Å². The second kappa shape index (κ2) is 9.62. The summed E-state index contributed by atoms with van der Waals surface area (Å²) in [7, 11) is 3.24. The van der Waals surface area contributed by atoms with Gasteiger partial charge in [0.1, 0.15) is 11.5 Å². The predicted octanol–water partition coefficient (Wildman–Crippen LogP) is 4.69. The van der Waals surface area contributed by atoms with Crippen molar-refractivity contribution in [2.24, 2.45) is 0 Å². The molecule has 0 spiro atoms. The van der Waals surface area contributed by atoms with Crippen molar-refractivity contribution in [2.45, 2.75) is 30.7 Å². The minimum atomic E-state index is 0.0172. The number of carbonyl (C=O) groups is 1. The lowest BCUT2D eigenvalue weighted by Crippen LogP contribution is -2.34. The zero-order chi connectivity index (χ0) is 21.8. The quantitative estimate of drug-likeness (QED) is 0.429. The van der Waals surface area contributed by atoms with E-state index in [0.29, 0.717) is 22.7 Å². The Morgan fingerprint density at radius 2 is 1.94 bits per heavy atom. The molecule has 1 amide bonds. The fourth-order valence-electron chi connectivity index (χ4n) is 3.18. The van der Waals surface area contributed by atoms with Crippen molar-refractivity contribution in [1.29, 1.82) is 0 Å². The highest BCUT2D eigenvalue weighted by atomic mass is 35.5. The minimum absolute atomic E-state index is 0.0172. The molecule has 1 saturated carbocycles. The molecule has 7 nitrogen and oxygen atoms in total. The van der Waals surface area contributed by atoms with E-state index in [1.165, 1.54) is 11.8 Å². The van der Waals surface area contributed by atoms with Crippen LogP contribution in [0, 0.1) is 0 Å². The van der Waals surface area contributed by atoms with Crippen LogP contribution >= 0.6 is 23.4 Å². The Kier molecular flexibility index (Phi) is 6.67. The van der Waals surface area contributed by atoms with Gasteiger partial charge in [-0.3, -0.25) is 4.79 Å². The molecule has 9 heteroatoms. The molecule has 4 rings (SSSR count). The van der Waals surface area contributed by atoms with Crippen LogP contribution in [-0.2, 0) is 11.3 Å². The maximum absolute atomic E-state index is 13.0. The summed E-state index contributed by atoms with van der Waals surface area (Å²) in [6, 6.07) is 13.0. The number of aromatic nitrogens is 2. The first-order valence-electron chi connectivity index (χ1n) is 9.80. The van der Waals surface area contributed by atoms with Gasteiger partial charge in [-0.15, -0.1) is 10.2 Å². The maximum Gasteiger partial charge on any atom is 0.277 e. The molecular formula is C22H22ClN3O4S. The Bertz CT molecular complexity index is 1050. The zero-order valence-corrected chi connectivity index (χ0v) is 18.8. The highest BCUT2D eigenvalue weighted by Gasteiger charge is 2.33. The summed E-state index contributed by atoms with van der Waals surface area (Å²) >= 11 is 7.15. The number of carbonyl (C=O) groups excluding carboxylic acids is 1. The normalized spacial score (nSPS) is 13.1. The van der Waals surface area contributed by atoms with Crippen molar-refractivity contribution in [3.8, 4) is 23.0 Å². The first-order chi connectivity index (χ1) is 15.1. The molecule has 0 saturated heterocycles. The van der Waals surface area contributed by atoms with E-state index in [9.17, 15) is 4.79 Å². The molecular weight excluding hydrogens is 438 g/mol. The van der Waals surface area contributed by atoms with Gasteiger partial charge in [-0.25, -0.2) is 0 Å². The van der Waals surface area contributed by atoms with E-state index in [1.807, 2.05) is 35.2 Å². The fraction of sp³-hybridized carbons (Fsp3) is 0.318. The number of hydrogen-bond donors (Lipinski definition) is 0. The molecule has 162 valence electrons. The van der Waals surface area contributed by atoms with E-state index in [1.54, 1.807) is 26.4 Å².